The third-order valence-corrected chi connectivity index (χ3v) is 5.11. The zero-order valence-corrected chi connectivity index (χ0v) is 15.7. The number of hydrogen-bond donors (Lipinski definition) is 1. The van der Waals surface area contributed by atoms with E-state index in [-0.39, 0.29) is 5.82 Å². The molecule has 2 aromatic carbocycles. The third kappa shape index (κ3) is 3.78. The molecule has 2 aromatic heterocycles. The highest BCUT2D eigenvalue weighted by molar-refractivity contribution is 7.98. The molecule has 7 heteroatoms. The molecular weight excluding hydrogens is 363 g/mol. The average molecular weight is 380 g/mol. The first-order valence-electron chi connectivity index (χ1n) is 8.43. The minimum atomic E-state index is -0.277. The van der Waals surface area contributed by atoms with Crippen LogP contribution in [0.1, 0.15) is 16.8 Å². The first-order chi connectivity index (χ1) is 13.1. The Morgan fingerprint density at radius 1 is 1.00 bits per heavy atom. The van der Waals surface area contributed by atoms with Crippen LogP contribution in [0.2, 0.25) is 0 Å². The minimum absolute atomic E-state index is 0.277. The van der Waals surface area contributed by atoms with Crippen molar-refractivity contribution in [3.8, 4) is 22.7 Å². The molecule has 0 aliphatic rings. The second-order valence-electron chi connectivity index (χ2n) is 6.21. The van der Waals surface area contributed by atoms with Crippen molar-refractivity contribution in [1.82, 2.24) is 20.3 Å². The van der Waals surface area contributed by atoms with E-state index in [1.165, 1.54) is 29.5 Å². The van der Waals surface area contributed by atoms with Crippen LogP contribution >= 0.6 is 11.8 Å². The maximum atomic E-state index is 13.1. The number of rotatable bonds is 5. The van der Waals surface area contributed by atoms with E-state index in [0.29, 0.717) is 16.7 Å². The molecule has 0 aliphatic heterocycles. The summed E-state index contributed by atoms with van der Waals surface area (Å²) in [5.74, 6) is 1.70. The second-order valence-corrected chi connectivity index (χ2v) is 7.15. The SMILES string of the molecule is Cc1ccc(-c2nc(SCc3noc(-c4ccc(F)cc4)c3C)n[nH]2)cc1. The molecule has 0 aliphatic carbocycles. The zero-order valence-electron chi connectivity index (χ0n) is 14.9. The molecule has 0 bridgehead atoms. The summed E-state index contributed by atoms with van der Waals surface area (Å²) in [6, 6.07) is 14.3. The predicted octanol–water partition coefficient (Wildman–Crippen LogP) is 5.17. The van der Waals surface area contributed by atoms with Crippen molar-refractivity contribution in [3.63, 3.8) is 0 Å². The van der Waals surface area contributed by atoms with Gasteiger partial charge in [-0.1, -0.05) is 46.7 Å². The normalized spacial score (nSPS) is 11.1. The highest BCUT2D eigenvalue weighted by Gasteiger charge is 2.15. The van der Waals surface area contributed by atoms with E-state index < -0.39 is 0 Å². The molecule has 0 saturated carbocycles. The van der Waals surface area contributed by atoms with Gasteiger partial charge in [0.2, 0.25) is 5.16 Å². The van der Waals surface area contributed by atoms with Crippen molar-refractivity contribution < 1.29 is 8.91 Å². The van der Waals surface area contributed by atoms with Gasteiger partial charge in [-0.3, -0.25) is 5.10 Å². The first-order valence-corrected chi connectivity index (χ1v) is 9.42. The highest BCUT2D eigenvalue weighted by Crippen LogP contribution is 2.29. The number of benzene rings is 2. The third-order valence-electron chi connectivity index (χ3n) is 4.25. The molecule has 1 N–H and O–H groups in total. The summed E-state index contributed by atoms with van der Waals surface area (Å²) in [7, 11) is 0. The first kappa shape index (κ1) is 17.5. The van der Waals surface area contributed by atoms with Gasteiger partial charge in [0.25, 0.3) is 0 Å². The lowest BCUT2D eigenvalue weighted by atomic mass is 10.1. The van der Waals surface area contributed by atoms with Gasteiger partial charge in [-0.15, -0.1) is 5.10 Å². The maximum absolute atomic E-state index is 13.1. The van der Waals surface area contributed by atoms with Gasteiger partial charge in [-0.05, 0) is 38.1 Å². The van der Waals surface area contributed by atoms with Crippen LogP contribution in [-0.4, -0.2) is 20.3 Å². The van der Waals surface area contributed by atoms with E-state index in [9.17, 15) is 4.39 Å². The van der Waals surface area contributed by atoms with Crippen LogP contribution in [0.4, 0.5) is 4.39 Å². The molecule has 4 aromatic rings. The molecule has 136 valence electrons. The number of aromatic amines is 1. The molecule has 0 radical (unpaired) electrons. The smallest absolute Gasteiger partial charge is 0.209 e. The Bertz CT molecular complexity index is 1050. The number of thioether (sulfide) groups is 1. The molecule has 0 amide bonds. The minimum Gasteiger partial charge on any atom is -0.356 e. The number of halogens is 1. The van der Waals surface area contributed by atoms with Gasteiger partial charge < -0.3 is 4.52 Å². The fourth-order valence-corrected chi connectivity index (χ4v) is 3.46. The fraction of sp³-hybridized carbons (Fsp3) is 0.150. The van der Waals surface area contributed by atoms with Crippen molar-refractivity contribution in [2.75, 3.05) is 0 Å². The largest absolute Gasteiger partial charge is 0.356 e. The lowest BCUT2D eigenvalue weighted by molar-refractivity contribution is 0.426. The quantitative estimate of drug-likeness (QED) is 0.484. The Hall–Kier alpha value is -2.93. The summed E-state index contributed by atoms with van der Waals surface area (Å²) in [6.45, 7) is 3.99. The Morgan fingerprint density at radius 3 is 2.44 bits per heavy atom. The summed E-state index contributed by atoms with van der Waals surface area (Å²) >= 11 is 1.48. The van der Waals surface area contributed by atoms with Gasteiger partial charge in [0, 0.05) is 22.4 Å². The fourth-order valence-electron chi connectivity index (χ4n) is 2.66. The van der Waals surface area contributed by atoms with E-state index >= 15 is 0 Å². The van der Waals surface area contributed by atoms with Crippen molar-refractivity contribution in [3.05, 3.63) is 71.2 Å². The van der Waals surface area contributed by atoms with Crippen LogP contribution in [0.25, 0.3) is 22.7 Å². The number of hydrogen-bond acceptors (Lipinski definition) is 5. The Kier molecular flexibility index (Phi) is 4.77. The lowest BCUT2D eigenvalue weighted by Crippen LogP contribution is -1.86. The molecule has 0 unspecified atom stereocenters. The van der Waals surface area contributed by atoms with Gasteiger partial charge in [0.05, 0.1) is 5.69 Å². The highest BCUT2D eigenvalue weighted by atomic mass is 32.2. The monoisotopic (exact) mass is 380 g/mol. The Morgan fingerprint density at radius 2 is 1.70 bits per heavy atom. The van der Waals surface area contributed by atoms with Crippen LogP contribution < -0.4 is 0 Å². The number of aryl methyl sites for hydroxylation is 1. The van der Waals surface area contributed by atoms with Crippen molar-refractivity contribution in [1.29, 1.82) is 0 Å². The van der Waals surface area contributed by atoms with Gasteiger partial charge in [0.15, 0.2) is 11.6 Å². The summed E-state index contributed by atoms with van der Waals surface area (Å²) in [5, 5.41) is 12.0. The van der Waals surface area contributed by atoms with Crippen molar-refractivity contribution >= 4 is 11.8 Å². The van der Waals surface area contributed by atoms with Crippen LogP contribution in [0.5, 0.6) is 0 Å². The van der Waals surface area contributed by atoms with Crippen LogP contribution in [0, 0.1) is 19.7 Å². The number of H-pyrrole nitrogens is 1. The van der Waals surface area contributed by atoms with E-state index in [0.717, 1.165) is 28.2 Å². The molecule has 0 spiro atoms. The van der Waals surface area contributed by atoms with E-state index in [1.807, 2.05) is 38.1 Å². The molecule has 0 fully saturated rings. The van der Waals surface area contributed by atoms with E-state index in [1.54, 1.807) is 12.1 Å². The van der Waals surface area contributed by atoms with Crippen molar-refractivity contribution in [2.24, 2.45) is 0 Å². The summed E-state index contributed by atoms with van der Waals surface area (Å²) in [5.41, 5.74) is 4.75. The standard InChI is InChI=1S/C20H17FN4OS/c1-12-3-5-15(6-4-12)19-22-20(24-23-19)27-11-17-13(2)18(26-25-17)14-7-9-16(21)10-8-14/h3-10H,11H2,1-2H3,(H,22,23,24). The van der Waals surface area contributed by atoms with E-state index in [4.69, 9.17) is 4.52 Å². The van der Waals surface area contributed by atoms with Crippen LogP contribution in [0.3, 0.4) is 0 Å². The van der Waals surface area contributed by atoms with Crippen molar-refractivity contribution in [2.45, 2.75) is 24.8 Å². The summed E-state index contributed by atoms with van der Waals surface area (Å²) in [6.07, 6.45) is 0. The molecule has 4 rings (SSSR count). The number of aromatic nitrogens is 4. The van der Waals surface area contributed by atoms with Crippen LogP contribution in [-0.2, 0) is 5.75 Å². The molecule has 0 atom stereocenters. The Labute approximate surface area is 160 Å². The topological polar surface area (TPSA) is 67.6 Å². The van der Waals surface area contributed by atoms with Crippen LogP contribution in [0.15, 0.2) is 58.2 Å². The van der Waals surface area contributed by atoms with E-state index in [2.05, 4.69) is 20.3 Å². The maximum Gasteiger partial charge on any atom is 0.209 e. The van der Waals surface area contributed by atoms with Gasteiger partial charge in [-0.2, -0.15) is 0 Å². The molecule has 2 heterocycles. The van der Waals surface area contributed by atoms with Gasteiger partial charge >= 0.3 is 0 Å². The van der Waals surface area contributed by atoms with Gasteiger partial charge in [0.1, 0.15) is 5.82 Å². The average Bonchev–Trinajstić information content (AvgIpc) is 3.28. The summed E-state index contributed by atoms with van der Waals surface area (Å²) < 4.78 is 18.6. The summed E-state index contributed by atoms with van der Waals surface area (Å²) in [4.78, 5) is 4.53. The predicted molar refractivity (Wildman–Crippen MR) is 103 cm³/mol. The zero-order chi connectivity index (χ0) is 18.8. The molecule has 5 nitrogen and oxygen atoms in total. The lowest BCUT2D eigenvalue weighted by Gasteiger charge is -1.98. The second kappa shape index (κ2) is 7.36. The number of nitrogens with zero attached hydrogens (tertiary/aromatic N) is 3. The molecular formula is C20H17FN4OS. The van der Waals surface area contributed by atoms with Gasteiger partial charge in [-0.25, -0.2) is 9.37 Å². The molecule has 27 heavy (non-hydrogen) atoms. The number of nitrogens with one attached hydrogen (secondary N) is 1. The molecule has 0 saturated heterocycles. The Balaban J connectivity index is 1.46.